The van der Waals surface area contributed by atoms with Crippen LogP contribution < -0.4 is 10.9 Å². The summed E-state index contributed by atoms with van der Waals surface area (Å²) in [5.41, 5.74) is 4.03. The minimum atomic E-state index is -0.271. The Balaban J connectivity index is 1.83. The normalized spacial score (nSPS) is 11.0. The van der Waals surface area contributed by atoms with Crippen LogP contribution in [0.3, 0.4) is 0 Å². The van der Waals surface area contributed by atoms with Crippen molar-refractivity contribution in [2.45, 2.75) is 27.3 Å². The van der Waals surface area contributed by atoms with Gasteiger partial charge in [0.15, 0.2) is 5.65 Å². The van der Waals surface area contributed by atoms with Crippen molar-refractivity contribution in [3.63, 3.8) is 0 Å². The van der Waals surface area contributed by atoms with Gasteiger partial charge in [-0.1, -0.05) is 0 Å². The molecule has 0 aliphatic carbocycles. The van der Waals surface area contributed by atoms with Gasteiger partial charge in [-0.05, 0) is 38.5 Å². The molecule has 3 heterocycles. The van der Waals surface area contributed by atoms with Crippen LogP contribution in [-0.2, 0) is 13.6 Å². The fraction of sp³-hybridized carbons (Fsp3) is 0.294. The zero-order valence-corrected chi connectivity index (χ0v) is 14.1. The Hall–Kier alpha value is -2.96. The van der Waals surface area contributed by atoms with E-state index in [1.807, 2.05) is 33.9 Å². The Kier molecular flexibility index (Phi) is 3.92. The van der Waals surface area contributed by atoms with E-state index in [1.165, 1.54) is 6.20 Å². The quantitative estimate of drug-likeness (QED) is 0.763. The fourth-order valence-corrected chi connectivity index (χ4v) is 2.80. The molecule has 0 atom stereocenters. The Morgan fingerprint density at radius 2 is 2.04 bits per heavy atom. The second-order valence-electron chi connectivity index (χ2n) is 5.93. The first-order valence-corrected chi connectivity index (χ1v) is 7.63. The number of hydrogen-bond donors (Lipinski definition) is 2. The van der Waals surface area contributed by atoms with E-state index in [0.29, 0.717) is 11.1 Å². The number of pyridine rings is 2. The Labute approximate surface area is 138 Å². The standard InChI is InChI=1S/C17H19N5O2/c1-9-5-10(2)20-17(24)14(9)8-19-16(23)12-6-13-11(3)21-22(4)15(13)18-7-12/h5-7H,8H2,1-4H3,(H,19,23)(H,20,24). The zero-order chi connectivity index (χ0) is 17.4. The van der Waals surface area contributed by atoms with Crippen LogP contribution in [0.25, 0.3) is 11.0 Å². The summed E-state index contributed by atoms with van der Waals surface area (Å²) < 4.78 is 1.68. The van der Waals surface area contributed by atoms with Crippen LogP contribution in [-0.4, -0.2) is 25.7 Å². The van der Waals surface area contributed by atoms with Gasteiger partial charge >= 0.3 is 0 Å². The second kappa shape index (κ2) is 5.92. The molecule has 0 aliphatic heterocycles. The van der Waals surface area contributed by atoms with Crippen molar-refractivity contribution in [1.82, 2.24) is 25.1 Å². The first-order chi connectivity index (χ1) is 11.4. The third-order valence-corrected chi connectivity index (χ3v) is 4.04. The van der Waals surface area contributed by atoms with Gasteiger partial charge in [0.2, 0.25) is 0 Å². The summed E-state index contributed by atoms with van der Waals surface area (Å²) in [7, 11) is 1.81. The second-order valence-corrected chi connectivity index (χ2v) is 5.93. The largest absolute Gasteiger partial charge is 0.348 e. The van der Waals surface area contributed by atoms with Crippen molar-refractivity contribution in [2.24, 2.45) is 7.05 Å². The van der Waals surface area contributed by atoms with Crippen LogP contribution in [0.2, 0.25) is 0 Å². The zero-order valence-electron chi connectivity index (χ0n) is 14.1. The smallest absolute Gasteiger partial charge is 0.253 e. The molecule has 0 fully saturated rings. The van der Waals surface area contributed by atoms with E-state index in [1.54, 1.807) is 10.7 Å². The number of aromatic amines is 1. The molecule has 0 aliphatic rings. The first kappa shape index (κ1) is 15.9. The van der Waals surface area contributed by atoms with Crippen LogP contribution in [0.1, 0.15) is 32.9 Å². The summed E-state index contributed by atoms with van der Waals surface area (Å²) in [5, 5.41) is 7.92. The molecule has 0 unspecified atom stereocenters. The third kappa shape index (κ3) is 2.80. The molecule has 0 aromatic carbocycles. The van der Waals surface area contributed by atoms with Gasteiger partial charge < -0.3 is 10.3 Å². The summed E-state index contributed by atoms with van der Waals surface area (Å²) in [6.07, 6.45) is 1.52. The van der Waals surface area contributed by atoms with Gasteiger partial charge in [0.1, 0.15) is 0 Å². The lowest BCUT2D eigenvalue weighted by Gasteiger charge is -2.08. The molecule has 24 heavy (non-hydrogen) atoms. The molecule has 3 aromatic rings. The summed E-state index contributed by atoms with van der Waals surface area (Å²) in [4.78, 5) is 31.4. The predicted molar refractivity (Wildman–Crippen MR) is 91.0 cm³/mol. The molecular formula is C17H19N5O2. The van der Waals surface area contributed by atoms with Gasteiger partial charge in [0.25, 0.3) is 11.5 Å². The molecule has 124 valence electrons. The maximum absolute atomic E-state index is 12.4. The van der Waals surface area contributed by atoms with E-state index in [-0.39, 0.29) is 18.0 Å². The van der Waals surface area contributed by atoms with Gasteiger partial charge in [0.05, 0.1) is 11.3 Å². The van der Waals surface area contributed by atoms with Crippen molar-refractivity contribution in [3.8, 4) is 0 Å². The number of nitrogens with one attached hydrogen (secondary N) is 2. The Morgan fingerprint density at radius 3 is 2.75 bits per heavy atom. The maximum Gasteiger partial charge on any atom is 0.253 e. The molecule has 0 saturated heterocycles. The fourth-order valence-electron chi connectivity index (χ4n) is 2.80. The number of carbonyl (C=O) groups excluding carboxylic acids is 1. The number of rotatable bonds is 3. The van der Waals surface area contributed by atoms with Crippen LogP contribution >= 0.6 is 0 Å². The first-order valence-electron chi connectivity index (χ1n) is 7.63. The lowest BCUT2D eigenvalue weighted by molar-refractivity contribution is 0.0950. The van der Waals surface area contributed by atoms with E-state index >= 15 is 0 Å². The van der Waals surface area contributed by atoms with Crippen LogP contribution in [0, 0.1) is 20.8 Å². The highest BCUT2D eigenvalue weighted by Crippen LogP contribution is 2.16. The van der Waals surface area contributed by atoms with E-state index in [2.05, 4.69) is 20.4 Å². The molecule has 3 rings (SSSR count). The number of amides is 1. The number of nitrogens with zero attached hydrogens (tertiary/aromatic N) is 3. The molecule has 2 N–H and O–H groups in total. The van der Waals surface area contributed by atoms with Crippen molar-refractivity contribution >= 4 is 16.9 Å². The van der Waals surface area contributed by atoms with Crippen molar-refractivity contribution in [1.29, 1.82) is 0 Å². The van der Waals surface area contributed by atoms with Gasteiger partial charge in [-0.25, -0.2) is 4.98 Å². The Bertz CT molecular complexity index is 1000. The average molecular weight is 325 g/mol. The van der Waals surface area contributed by atoms with Crippen LogP contribution in [0.4, 0.5) is 0 Å². The molecular weight excluding hydrogens is 306 g/mol. The van der Waals surface area contributed by atoms with Crippen molar-refractivity contribution < 1.29 is 4.79 Å². The Morgan fingerprint density at radius 1 is 1.29 bits per heavy atom. The van der Waals surface area contributed by atoms with Crippen molar-refractivity contribution in [2.75, 3.05) is 0 Å². The highest BCUT2D eigenvalue weighted by Gasteiger charge is 2.13. The van der Waals surface area contributed by atoms with E-state index in [4.69, 9.17) is 0 Å². The van der Waals surface area contributed by atoms with E-state index in [9.17, 15) is 9.59 Å². The van der Waals surface area contributed by atoms with E-state index < -0.39 is 0 Å². The topological polar surface area (TPSA) is 92.7 Å². The summed E-state index contributed by atoms with van der Waals surface area (Å²) >= 11 is 0. The predicted octanol–water partition coefficient (Wildman–Crippen LogP) is 1.51. The number of carbonyl (C=O) groups is 1. The number of H-pyrrole nitrogens is 1. The molecule has 7 heteroatoms. The lowest BCUT2D eigenvalue weighted by Crippen LogP contribution is -2.28. The van der Waals surface area contributed by atoms with Gasteiger partial charge in [-0.3, -0.25) is 14.3 Å². The summed E-state index contributed by atoms with van der Waals surface area (Å²) in [6.45, 7) is 5.73. The molecule has 3 aromatic heterocycles. The SMILES string of the molecule is Cc1cc(C)c(CNC(=O)c2cnc3c(c2)c(C)nn3C)c(=O)[nH]1. The third-order valence-electron chi connectivity index (χ3n) is 4.04. The maximum atomic E-state index is 12.4. The molecule has 0 bridgehead atoms. The minimum Gasteiger partial charge on any atom is -0.348 e. The molecule has 1 amide bonds. The highest BCUT2D eigenvalue weighted by atomic mass is 16.1. The highest BCUT2D eigenvalue weighted by molar-refractivity contribution is 5.97. The van der Waals surface area contributed by atoms with E-state index in [0.717, 1.165) is 28.0 Å². The number of hydrogen-bond acceptors (Lipinski definition) is 4. The molecule has 0 saturated carbocycles. The molecule has 0 radical (unpaired) electrons. The lowest BCUT2D eigenvalue weighted by atomic mass is 10.1. The van der Waals surface area contributed by atoms with Gasteiger partial charge in [0, 0.05) is 36.4 Å². The van der Waals surface area contributed by atoms with Crippen LogP contribution in [0.15, 0.2) is 23.1 Å². The minimum absolute atomic E-state index is 0.171. The average Bonchev–Trinajstić information content (AvgIpc) is 2.80. The molecule has 7 nitrogen and oxygen atoms in total. The van der Waals surface area contributed by atoms with Crippen LogP contribution in [0.5, 0.6) is 0 Å². The summed E-state index contributed by atoms with van der Waals surface area (Å²) in [6, 6.07) is 3.65. The monoisotopic (exact) mass is 325 g/mol. The number of aromatic nitrogens is 4. The van der Waals surface area contributed by atoms with Gasteiger partial charge in [-0.2, -0.15) is 5.10 Å². The number of aryl methyl sites for hydroxylation is 4. The van der Waals surface area contributed by atoms with Crippen molar-refractivity contribution in [3.05, 3.63) is 56.8 Å². The summed E-state index contributed by atoms with van der Waals surface area (Å²) in [5.74, 6) is -0.271. The molecule has 0 spiro atoms. The number of fused-ring (bicyclic) bond motifs is 1. The van der Waals surface area contributed by atoms with Gasteiger partial charge in [-0.15, -0.1) is 0 Å².